The summed E-state index contributed by atoms with van der Waals surface area (Å²) >= 11 is 1.58. The highest BCUT2D eigenvalue weighted by molar-refractivity contribution is 7.15. The number of hydrogen-bond donors (Lipinski definition) is 1. The summed E-state index contributed by atoms with van der Waals surface area (Å²) in [5.74, 6) is -1.19. The third-order valence-electron chi connectivity index (χ3n) is 5.23. The summed E-state index contributed by atoms with van der Waals surface area (Å²) in [6.07, 6.45) is 0.506. The van der Waals surface area contributed by atoms with Crippen molar-refractivity contribution in [3.8, 4) is 16.6 Å². The molecule has 3 aromatic heterocycles. The summed E-state index contributed by atoms with van der Waals surface area (Å²) in [7, 11) is 0. The minimum Gasteiger partial charge on any atom is -0.449 e. The maximum absolute atomic E-state index is 13.2. The average molecular weight is 474 g/mol. The lowest BCUT2D eigenvalue weighted by atomic mass is 10.1. The van der Waals surface area contributed by atoms with Crippen molar-refractivity contribution in [1.82, 2.24) is 14.8 Å². The summed E-state index contributed by atoms with van der Waals surface area (Å²) in [6, 6.07) is 14.3. The lowest BCUT2D eigenvalue weighted by Crippen LogP contribution is -2.30. The zero-order chi connectivity index (χ0) is 24.4. The molecular weight excluding hydrogens is 450 g/mol. The SMILES string of the molecule is Cc1ccc(-c2cc(C(=O)OC(C)C(=O)Nc3ccccc3C#N)c3cnn(C(C)C)c3n2)s1. The van der Waals surface area contributed by atoms with E-state index in [0.717, 1.165) is 9.75 Å². The van der Waals surface area contributed by atoms with E-state index < -0.39 is 18.0 Å². The lowest BCUT2D eigenvalue weighted by molar-refractivity contribution is -0.123. The maximum atomic E-state index is 13.2. The highest BCUT2D eigenvalue weighted by Gasteiger charge is 2.24. The number of nitrogens with one attached hydrogen (secondary N) is 1. The van der Waals surface area contributed by atoms with Gasteiger partial charge in [-0.1, -0.05) is 12.1 Å². The van der Waals surface area contributed by atoms with E-state index in [-0.39, 0.29) is 11.6 Å². The number of esters is 1. The minimum absolute atomic E-state index is 0.0408. The number of carbonyl (C=O) groups excluding carboxylic acids is 2. The van der Waals surface area contributed by atoms with Crippen LogP contribution in [0.25, 0.3) is 21.6 Å². The first-order valence-electron chi connectivity index (χ1n) is 10.7. The van der Waals surface area contributed by atoms with E-state index >= 15 is 0 Å². The Balaban J connectivity index is 1.65. The fourth-order valence-corrected chi connectivity index (χ4v) is 4.29. The highest BCUT2D eigenvalue weighted by Crippen LogP contribution is 2.31. The number of fused-ring (bicyclic) bond motifs is 1. The van der Waals surface area contributed by atoms with E-state index in [4.69, 9.17) is 9.72 Å². The van der Waals surface area contributed by atoms with Crippen molar-refractivity contribution in [2.75, 3.05) is 5.32 Å². The molecule has 8 nitrogen and oxygen atoms in total. The van der Waals surface area contributed by atoms with Gasteiger partial charge in [0.15, 0.2) is 11.8 Å². The van der Waals surface area contributed by atoms with Gasteiger partial charge in [-0.2, -0.15) is 10.4 Å². The molecule has 0 aliphatic rings. The van der Waals surface area contributed by atoms with Crippen LogP contribution < -0.4 is 5.32 Å². The monoisotopic (exact) mass is 473 g/mol. The topological polar surface area (TPSA) is 110 Å². The van der Waals surface area contributed by atoms with Crippen LogP contribution in [-0.4, -0.2) is 32.7 Å². The summed E-state index contributed by atoms with van der Waals surface area (Å²) in [6.45, 7) is 7.46. The van der Waals surface area contributed by atoms with Crippen LogP contribution in [0, 0.1) is 18.3 Å². The van der Waals surface area contributed by atoms with E-state index in [2.05, 4.69) is 10.4 Å². The van der Waals surface area contributed by atoms with Crippen LogP contribution in [0.1, 0.15) is 47.6 Å². The lowest BCUT2D eigenvalue weighted by Gasteiger charge is -2.15. The molecule has 1 N–H and O–H groups in total. The fraction of sp³-hybridized carbons (Fsp3) is 0.240. The number of thiophene rings is 1. The van der Waals surface area contributed by atoms with Crippen LogP contribution in [-0.2, 0) is 9.53 Å². The van der Waals surface area contributed by atoms with Crippen molar-refractivity contribution in [2.45, 2.75) is 39.8 Å². The molecule has 1 amide bonds. The van der Waals surface area contributed by atoms with Gasteiger partial charge in [0.05, 0.1) is 39.0 Å². The fourth-order valence-electron chi connectivity index (χ4n) is 3.46. The van der Waals surface area contributed by atoms with Gasteiger partial charge < -0.3 is 10.1 Å². The highest BCUT2D eigenvalue weighted by atomic mass is 32.1. The molecule has 1 unspecified atom stereocenters. The zero-order valence-corrected chi connectivity index (χ0v) is 20.0. The number of nitriles is 1. The van der Waals surface area contributed by atoms with Gasteiger partial charge in [-0.3, -0.25) is 4.79 Å². The van der Waals surface area contributed by atoms with Gasteiger partial charge in [0.1, 0.15) is 6.07 Å². The Morgan fingerprint density at radius 3 is 2.62 bits per heavy atom. The van der Waals surface area contributed by atoms with Crippen LogP contribution in [0.3, 0.4) is 0 Å². The molecule has 0 saturated heterocycles. The molecule has 0 spiro atoms. The summed E-state index contributed by atoms with van der Waals surface area (Å²) < 4.78 is 7.28. The first kappa shape index (κ1) is 23.1. The molecule has 0 bridgehead atoms. The van der Waals surface area contributed by atoms with Crippen LogP contribution in [0.2, 0.25) is 0 Å². The van der Waals surface area contributed by atoms with Gasteiger partial charge in [-0.25, -0.2) is 14.5 Å². The van der Waals surface area contributed by atoms with Crippen LogP contribution in [0.5, 0.6) is 0 Å². The van der Waals surface area contributed by atoms with Crippen molar-refractivity contribution < 1.29 is 14.3 Å². The largest absolute Gasteiger partial charge is 0.449 e. The number of amides is 1. The van der Waals surface area contributed by atoms with Gasteiger partial charge in [-0.05, 0) is 58.0 Å². The van der Waals surface area contributed by atoms with Gasteiger partial charge in [0, 0.05) is 10.9 Å². The molecule has 172 valence electrons. The quantitative estimate of drug-likeness (QED) is 0.390. The third kappa shape index (κ3) is 4.54. The predicted molar refractivity (Wildman–Crippen MR) is 131 cm³/mol. The number of ether oxygens (including phenoxy) is 1. The van der Waals surface area contributed by atoms with E-state index in [9.17, 15) is 14.9 Å². The Morgan fingerprint density at radius 2 is 1.94 bits per heavy atom. The number of benzene rings is 1. The molecule has 34 heavy (non-hydrogen) atoms. The smallest absolute Gasteiger partial charge is 0.339 e. The summed E-state index contributed by atoms with van der Waals surface area (Å²) in [5.41, 5.74) is 2.18. The van der Waals surface area contributed by atoms with Crippen LogP contribution in [0.4, 0.5) is 5.69 Å². The normalized spacial score (nSPS) is 11.9. The van der Waals surface area contributed by atoms with Crippen LogP contribution >= 0.6 is 11.3 Å². The van der Waals surface area contributed by atoms with Crippen LogP contribution in [0.15, 0.2) is 48.7 Å². The molecule has 9 heteroatoms. The molecule has 4 aromatic rings. The standard InChI is InChI=1S/C25H23N5O3S/c1-14(2)30-23-19(13-27-30)18(11-21(28-23)22-10-9-15(3)34-22)25(32)33-16(4)24(31)29-20-8-6-5-7-17(20)12-26/h5-11,13-14,16H,1-4H3,(H,29,31). The second-order valence-electron chi connectivity index (χ2n) is 8.08. The van der Waals surface area contributed by atoms with E-state index in [0.29, 0.717) is 28.0 Å². The van der Waals surface area contributed by atoms with Gasteiger partial charge in [0.2, 0.25) is 0 Å². The third-order valence-corrected chi connectivity index (χ3v) is 6.25. The first-order chi connectivity index (χ1) is 16.3. The van der Waals surface area contributed by atoms with Crippen molar-refractivity contribution >= 4 is 39.9 Å². The number of anilines is 1. The number of para-hydroxylation sites is 1. The molecule has 4 rings (SSSR count). The Morgan fingerprint density at radius 1 is 1.18 bits per heavy atom. The molecule has 1 atom stereocenters. The number of aromatic nitrogens is 3. The van der Waals surface area contributed by atoms with E-state index in [1.807, 2.05) is 39.0 Å². The number of carbonyl (C=O) groups is 2. The molecule has 0 aliphatic carbocycles. The summed E-state index contributed by atoms with van der Waals surface area (Å²) in [4.78, 5) is 32.7. The number of pyridine rings is 1. The number of aryl methyl sites for hydroxylation is 1. The second-order valence-corrected chi connectivity index (χ2v) is 9.37. The molecule has 0 fully saturated rings. The van der Waals surface area contributed by atoms with Crippen molar-refractivity contribution in [3.05, 3.63) is 64.7 Å². The van der Waals surface area contributed by atoms with Crippen molar-refractivity contribution in [1.29, 1.82) is 5.26 Å². The second kappa shape index (κ2) is 9.45. The minimum atomic E-state index is -1.09. The molecule has 0 saturated carbocycles. The Hall–Kier alpha value is -4.03. The molecule has 1 aromatic carbocycles. The van der Waals surface area contributed by atoms with Crippen molar-refractivity contribution in [2.24, 2.45) is 0 Å². The van der Waals surface area contributed by atoms with E-state index in [1.165, 1.54) is 6.92 Å². The molecule has 0 aliphatic heterocycles. The number of hydrogen-bond acceptors (Lipinski definition) is 7. The Kier molecular flexibility index (Phi) is 6.43. The molecular formula is C25H23N5O3S. The molecule has 0 radical (unpaired) electrons. The maximum Gasteiger partial charge on any atom is 0.339 e. The van der Waals surface area contributed by atoms with Gasteiger partial charge in [-0.15, -0.1) is 11.3 Å². The Bertz CT molecular complexity index is 1430. The summed E-state index contributed by atoms with van der Waals surface area (Å²) in [5, 5.41) is 16.8. The Labute approximate surface area is 200 Å². The van der Waals surface area contributed by atoms with Crippen molar-refractivity contribution in [3.63, 3.8) is 0 Å². The molecule has 3 heterocycles. The number of nitrogens with zero attached hydrogens (tertiary/aromatic N) is 4. The van der Waals surface area contributed by atoms with E-state index in [1.54, 1.807) is 52.5 Å². The predicted octanol–water partition coefficient (Wildman–Crippen LogP) is 5.10. The average Bonchev–Trinajstić information content (AvgIpc) is 3.44. The zero-order valence-electron chi connectivity index (χ0n) is 19.2. The van der Waals surface area contributed by atoms with Gasteiger partial charge in [0.25, 0.3) is 5.91 Å². The van der Waals surface area contributed by atoms with Gasteiger partial charge >= 0.3 is 5.97 Å². The number of rotatable bonds is 6. The first-order valence-corrected chi connectivity index (χ1v) is 11.6.